The van der Waals surface area contributed by atoms with Crippen molar-refractivity contribution in [2.45, 2.75) is 26.5 Å². The molecule has 0 N–H and O–H groups in total. The van der Waals surface area contributed by atoms with Crippen molar-refractivity contribution in [3.05, 3.63) is 53.9 Å². The lowest BCUT2D eigenvalue weighted by atomic mass is 10.2. The van der Waals surface area contributed by atoms with E-state index in [2.05, 4.69) is 10.1 Å². The summed E-state index contributed by atoms with van der Waals surface area (Å²) in [6.07, 6.45) is 0. The van der Waals surface area contributed by atoms with Crippen molar-refractivity contribution in [1.29, 1.82) is 0 Å². The quantitative estimate of drug-likeness (QED) is 0.673. The van der Waals surface area contributed by atoms with E-state index in [-0.39, 0.29) is 11.7 Å². The highest BCUT2D eigenvalue weighted by Gasteiger charge is 2.17. The number of esters is 1. The van der Waals surface area contributed by atoms with Gasteiger partial charge in [-0.2, -0.15) is 5.10 Å². The summed E-state index contributed by atoms with van der Waals surface area (Å²) in [6, 6.07) is 13.5. The van der Waals surface area contributed by atoms with Gasteiger partial charge in [0, 0.05) is 11.5 Å². The van der Waals surface area contributed by atoms with Crippen molar-refractivity contribution in [3.63, 3.8) is 0 Å². The second-order valence-electron chi connectivity index (χ2n) is 5.68. The van der Waals surface area contributed by atoms with Crippen LogP contribution in [0.1, 0.15) is 36.1 Å². The molecule has 0 aliphatic carbocycles. The Morgan fingerprint density at radius 1 is 1.21 bits per heavy atom. The number of hydrogen-bond acceptors (Lipinski definition) is 5. The maximum atomic E-state index is 11.7. The number of pyridine rings is 1. The van der Waals surface area contributed by atoms with E-state index >= 15 is 0 Å². The number of aromatic nitrogens is 3. The van der Waals surface area contributed by atoms with Crippen molar-refractivity contribution in [1.82, 2.24) is 14.8 Å². The lowest BCUT2D eigenvalue weighted by Crippen LogP contribution is -2.09. The van der Waals surface area contributed by atoms with Crippen LogP contribution < -0.4 is 4.74 Å². The second kappa shape index (κ2) is 6.70. The fourth-order valence-electron chi connectivity index (χ4n) is 2.40. The maximum Gasteiger partial charge on any atom is 0.358 e. The summed E-state index contributed by atoms with van der Waals surface area (Å²) < 4.78 is 12.2. The van der Waals surface area contributed by atoms with Gasteiger partial charge in [0.05, 0.1) is 24.4 Å². The minimum absolute atomic E-state index is 0.0583. The topological polar surface area (TPSA) is 66.2 Å². The van der Waals surface area contributed by atoms with E-state index in [0.717, 1.165) is 16.6 Å². The van der Waals surface area contributed by atoms with E-state index in [0.29, 0.717) is 12.5 Å². The first-order valence-corrected chi connectivity index (χ1v) is 7.74. The van der Waals surface area contributed by atoms with Gasteiger partial charge in [-0.15, -0.1) is 0 Å². The molecular weight excluding hydrogens is 306 g/mol. The molecule has 124 valence electrons. The van der Waals surface area contributed by atoms with Gasteiger partial charge in [-0.1, -0.05) is 24.3 Å². The molecule has 24 heavy (non-hydrogen) atoms. The normalized spacial score (nSPS) is 11.0. The molecule has 0 bridgehead atoms. The van der Waals surface area contributed by atoms with E-state index in [1.807, 2.05) is 50.2 Å². The number of carbonyl (C=O) groups is 1. The van der Waals surface area contributed by atoms with Crippen LogP contribution in [0.4, 0.5) is 0 Å². The third-order valence-electron chi connectivity index (χ3n) is 3.61. The summed E-state index contributed by atoms with van der Waals surface area (Å²) in [6.45, 7) is 4.23. The van der Waals surface area contributed by atoms with E-state index in [1.165, 1.54) is 7.11 Å². The number of para-hydroxylation sites is 1. The third-order valence-corrected chi connectivity index (χ3v) is 3.61. The summed E-state index contributed by atoms with van der Waals surface area (Å²) >= 11 is 0. The average Bonchev–Trinajstić information content (AvgIpc) is 3.03. The molecule has 0 saturated heterocycles. The molecule has 3 aromatic rings. The zero-order valence-corrected chi connectivity index (χ0v) is 13.9. The molecule has 2 aromatic heterocycles. The number of nitrogens with zero attached hydrogens (tertiary/aromatic N) is 3. The van der Waals surface area contributed by atoms with Crippen molar-refractivity contribution in [3.8, 4) is 5.88 Å². The van der Waals surface area contributed by atoms with Crippen LogP contribution >= 0.6 is 0 Å². The summed E-state index contributed by atoms with van der Waals surface area (Å²) in [7, 11) is 1.33. The Labute approximate surface area is 140 Å². The van der Waals surface area contributed by atoms with Crippen LogP contribution in [0, 0.1) is 0 Å². The first kappa shape index (κ1) is 16.0. The summed E-state index contributed by atoms with van der Waals surface area (Å²) in [5.41, 5.74) is 1.96. The average molecular weight is 325 g/mol. The van der Waals surface area contributed by atoms with Crippen LogP contribution in [0.5, 0.6) is 5.88 Å². The number of rotatable bonds is 5. The molecule has 0 amide bonds. The highest BCUT2D eigenvalue weighted by Crippen LogP contribution is 2.21. The molecule has 1 aromatic carbocycles. The Hall–Kier alpha value is -2.89. The highest BCUT2D eigenvalue weighted by molar-refractivity contribution is 5.87. The van der Waals surface area contributed by atoms with E-state index in [4.69, 9.17) is 9.47 Å². The molecule has 0 radical (unpaired) electrons. The first-order chi connectivity index (χ1) is 11.6. The molecule has 6 nitrogen and oxygen atoms in total. The number of carbonyl (C=O) groups excluding carboxylic acids is 1. The van der Waals surface area contributed by atoms with Crippen molar-refractivity contribution < 1.29 is 14.3 Å². The fraction of sp³-hybridized carbons (Fsp3) is 0.278. The zero-order valence-electron chi connectivity index (χ0n) is 13.9. The summed E-state index contributed by atoms with van der Waals surface area (Å²) in [5, 5.41) is 5.32. The predicted octanol–water partition coefficient (Wildman–Crippen LogP) is 3.38. The Balaban J connectivity index is 1.82. The molecular formula is C18H19N3O3. The van der Waals surface area contributed by atoms with Crippen molar-refractivity contribution in [2.75, 3.05) is 7.11 Å². The molecule has 0 saturated carbocycles. The van der Waals surface area contributed by atoms with Gasteiger partial charge in [0.15, 0.2) is 5.69 Å². The number of hydrogen-bond donors (Lipinski definition) is 0. The molecule has 6 heteroatoms. The first-order valence-electron chi connectivity index (χ1n) is 7.74. The Morgan fingerprint density at radius 3 is 2.75 bits per heavy atom. The van der Waals surface area contributed by atoms with Gasteiger partial charge in [0.25, 0.3) is 0 Å². The van der Waals surface area contributed by atoms with Gasteiger partial charge in [0.2, 0.25) is 5.88 Å². The fourth-order valence-corrected chi connectivity index (χ4v) is 2.40. The zero-order chi connectivity index (χ0) is 17.1. The Bertz CT molecular complexity index is 871. The number of benzene rings is 1. The van der Waals surface area contributed by atoms with Crippen LogP contribution in [0.15, 0.2) is 42.5 Å². The molecule has 0 atom stereocenters. The molecule has 3 rings (SSSR count). The molecule has 0 fully saturated rings. The van der Waals surface area contributed by atoms with Crippen LogP contribution in [-0.2, 0) is 11.3 Å². The number of ether oxygens (including phenoxy) is 2. The van der Waals surface area contributed by atoms with Crippen molar-refractivity contribution >= 4 is 16.9 Å². The lowest BCUT2D eigenvalue weighted by Gasteiger charge is -2.11. The van der Waals surface area contributed by atoms with Gasteiger partial charge < -0.3 is 9.47 Å². The van der Waals surface area contributed by atoms with Crippen LogP contribution in [0.2, 0.25) is 0 Å². The van der Waals surface area contributed by atoms with Gasteiger partial charge in [0.1, 0.15) is 6.61 Å². The monoisotopic (exact) mass is 325 g/mol. The molecule has 0 spiro atoms. The maximum absolute atomic E-state index is 11.7. The van der Waals surface area contributed by atoms with Crippen molar-refractivity contribution in [2.24, 2.45) is 0 Å². The predicted molar refractivity (Wildman–Crippen MR) is 90.0 cm³/mol. The molecule has 0 aliphatic rings. The van der Waals surface area contributed by atoms with Gasteiger partial charge in [-0.3, -0.25) is 0 Å². The summed E-state index contributed by atoms with van der Waals surface area (Å²) in [5.74, 6) is 0.0310. The smallest absolute Gasteiger partial charge is 0.358 e. The SMILES string of the molecule is COC(=O)c1cc(OCc2ccc3ccccc3n2)n(C(C)C)n1. The summed E-state index contributed by atoms with van der Waals surface area (Å²) in [4.78, 5) is 16.2. The third kappa shape index (κ3) is 3.22. The molecule has 2 heterocycles. The van der Waals surface area contributed by atoms with Gasteiger partial charge in [-0.25, -0.2) is 14.5 Å². The van der Waals surface area contributed by atoms with E-state index < -0.39 is 5.97 Å². The Kier molecular flexibility index (Phi) is 4.46. The lowest BCUT2D eigenvalue weighted by molar-refractivity contribution is 0.0593. The van der Waals surface area contributed by atoms with E-state index in [9.17, 15) is 4.79 Å². The molecule has 0 aliphatic heterocycles. The van der Waals surface area contributed by atoms with Gasteiger partial charge >= 0.3 is 5.97 Å². The number of fused-ring (bicyclic) bond motifs is 1. The standard InChI is InChI=1S/C18H19N3O3/c1-12(2)21-17(10-16(20-21)18(22)23-3)24-11-14-9-8-13-6-4-5-7-15(13)19-14/h4-10,12H,11H2,1-3H3. The Morgan fingerprint density at radius 2 is 2.00 bits per heavy atom. The van der Waals surface area contributed by atoms with Crippen LogP contribution in [0.25, 0.3) is 10.9 Å². The van der Waals surface area contributed by atoms with Gasteiger partial charge in [-0.05, 0) is 26.0 Å². The minimum atomic E-state index is -0.483. The highest BCUT2D eigenvalue weighted by atomic mass is 16.5. The van der Waals surface area contributed by atoms with Crippen LogP contribution in [-0.4, -0.2) is 27.8 Å². The second-order valence-corrected chi connectivity index (χ2v) is 5.68. The van der Waals surface area contributed by atoms with Crippen LogP contribution in [0.3, 0.4) is 0 Å². The molecule has 0 unspecified atom stereocenters. The minimum Gasteiger partial charge on any atom is -0.471 e. The van der Waals surface area contributed by atoms with E-state index in [1.54, 1.807) is 10.7 Å². The number of methoxy groups -OCH3 is 1. The largest absolute Gasteiger partial charge is 0.471 e.